The first kappa shape index (κ1) is 24.3. The van der Waals surface area contributed by atoms with E-state index >= 15 is 0 Å². The molecule has 1 N–H and O–H groups in total. The fraction of sp³-hybridized carbons (Fsp3) is 0.542. The van der Waals surface area contributed by atoms with Crippen molar-refractivity contribution in [3.8, 4) is 0 Å². The zero-order valence-electron chi connectivity index (χ0n) is 18.8. The predicted molar refractivity (Wildman–Crippen MR) is 121 cm³/mol. The van der Waals surface area contributed by atoms with Gasteiger partial charge in [0.1, 0.15) is 5.60 Å². The van der Waals surface area contributed by atoms with Gasteiger partial charge in [0.25, 0.3) is 0 Å². The number of carbonyl (C=O) groups excluding carboxylic acids is 1. The Kier molecular flexibility index (Phi) is 8.32. The fourth-order valence-electron chi connectivity index (χ4n) is 3.68. The molecule has 1 atom stereocenters. The highest BCUT2D eigenvalue weighted by Gasteiger charge is 2.37. The Morgan fingerprint density at radius 2 is 2.03 bits per heavy atom. The normalized spacial score (nSPS) is 15.6. The van der Waals surface area contributed by atoms with Crippen molar-refractivity contribution in [2.75, 3.05) is 6.61 Å². The van der Waals surface area contributed by atoms with Gasteiger partial charge in [0.2, 0.25) is 10.9 Å². The van der Waals surface area contributed by atoms with E-state index in [1.807, 2.05) is 51.1 Å². The van der Waals surface area contributed by atoms with E-state index in [4.69, 9.17) is 30.8 Å². The topological polar surface area (TPSA) is 94.2 Å². The molecule has 1 fully saturated rings. The standard InChI is InChI=1S/C24H31ClN2O5/c1-24(2,3)31-19(28)14-18(10-7-13-30-15-16-8-5-4-6-9-16)21-20(17-11-12-17)22(32-27-21)23(25)26-29/h4-6,8-9,17-18,29H,7,10-15H2,1-3H3/t18-/m0/s1. The summed E-state index contributed by atoms with van der Waals surface area (Å²) in [5.74, 6) is 0.0285. The molecule has 32 heavy (non-hydrogen) atoms. The molecule has 0 unspecified atom stereocenters. The first-order chi connectivity index (χ1) is 15.3. The monoisotopic (exact) mass is 462 g/mol. The maximum Gasteiger partial charge on any atom is 0.306 e. The second-order valence-electron chi connectivity index (χ2n) is 9.14. The number of nitrogens with zero attached hydrogens (tertiary/aromatic N) is 2. The number of esters is 1. The minimum atomic E-state index is -0.568. The highest BCUT2D eigenvalue weighted by atomic mass is 35.5. The summed E-state index contributed by atoms with van der Waals surface area (Å²) in [5.41, 5.74) is 2.08. The van der Waals surface area contributed by atoms with Gasteiger partial charge in [-0.1, -0.05) is 52.2 Å². The molecule has 0 radical (unpaired) electrons. The lowest BCUT2D eigenvalue weighted by Crippen LogP contribution is -2.25. The molecule has 8 heteroatoms. The maximum atomic E-state index is 12.6. The first-order valence-corrected chi connectivity index (χ1v) is 11.4. The van der Waals surface area contributed by atoms with Crippen LogP contribution in [0.5, 0.6) is 0 Å². The molecule has 7 nitrogen and oxygen atoms in total. The number of aromatic nitrogens is 1. The molecule has 1 aromatic carbocycles. The van der Waals surface area contributed by atoms with Gasteiger partial charge in [-0.25, -0.2) is 0 Å². The average molecular weight is 463 g/mol. The third-order valence-corrected chi connectivity index (χ3v) is 5.44. The van der Waals surface area contributed by atoms with Crippen LogP contribution in [0.1, 0.15) is 87.3 Å². The summed E-state index contributed by atoms with van der Waals surface area (Å²) < 4.78 is 16.8. The number of oxime groups is 1. The number of carbonyl (C=O) groups is 1. The highest BCUT2D eigenvalue weighted by Crippen LogP contribution is 2.46. The third kappa shape index (κ3) is 7.07. The van der Waals surface area contributed by atoms with Crippen LogP contribution in [-0.2, 0) is 20.9 Å². The molecule has 0 bridgehead atoms. The molecule has 174 valence electrons. The lowest BCUT2D eigenvalue weighted by Gasteiger charge is -2.22. The van der Waals surface area contributed by atoms with Gasteiger partial charge in [-0.05, 0) is 57.9 Å². The van der Waals surface area contributed by atoms with E-state index in [2.05, 4.69) is 10.3 Å². The molecular weight excluding hydrogens is 432 g/mol. The van der Waals surface area contributed by atoms with Crippen LogP contribution in [0.3, 0.4) is 0 Å². The minimum Gasteiger partial charge on any atom is -0.460 e. The summed E-state index contributed by atoms with van der Waals surface area (Å²) in [5, 5.41) is 16.3. The smallest absolute Gasteiger partial charge is 0.306 e. The largest absolute Gasteiger partial charge is 0.460 e. The molecule has 1 saturated carbocycles. The van der Waals surface area contributed by atoms with Crippen molar-refractivity contribution in [3.63, 3.8) is 0 Å². The molecule has 0 saturated heterocycles. The van der Waals surface area contributed by atoms with Gasteiger partial charge in [-0.2, -0.15) is 0 Å². The molecule has 1 heterocycles. The Labute approximate surface area is 193 Å². The SMILES string of the molecule is CC(C)(C)OC(=O)C[C@H](CCCOCc1ccccc1)c1noc(C(Cl)=NO)c1C1CC1. The lowest BCUT2D eigenvalue weighted by atomic mass is 9.91. The molecule has 0 aliphatic heterocycles. The molecule has 0 spiro atoms. The zero-order chi connectivity index (χ0) is 23.1. The quantitative estimate of drug-likeness (QED) is 0.150. The number of benzene rings is 1. The van der Waals surface area contributed by atoms with Gasteiger partial charge in [-0.15, -0.1) is 0 Å². The van der Waals surface area contributed by atoms with Crippen molar-refractivity contribution in [1.82, 2.24) is 5.16 Å². The number of hydrogen-bond acceptors (Lipinski definition) is 7. The van der Waals surface area contributed by atoms with E-state index in [-0.39, 0.29) is 35.2 Å². The molecule has 3 rings (SSSR count). The molecule has 1 aromatic heterocycles. The average Bonchev–Trinajstić information content (AvgIpc) is 3.49. The highest BCUT2D eigenvalue weighted by molar-refractivity contribution is 6.69. The Morgan fingerprint density at radius 3 is 2.66 bits per heavy atom. The fourth-order valence-corrected chi connectivity index (χ4v) is 3.82. The molecule has 1 aliphatic carbocycles. The summed E-state index contributed by atoms with van der Waals surface area (Å²) in [4.78, 5) is 12.6. The van der Waals surface area contributed by atoms with Gasteiger partial charge in [0.15, 0.2) is 0 Å². The van der Waals surface area contributed by atoms with Gasteiger partial charge in [0.05, 0.1) is 18.7 Å². The van der Waals surface area contributed by atoms with Crippen molar-refractivity contribution in [2.24, 2.45) is 5.16 Å². The van der Waals surface area contributed by atoms with Crippen LogP contribution in [-0.4, -0.2) is 33.7 Å². The van der Waals surface area contributed by atoms with Crippen LogP contribution >= 0.6 is 11.6 Å². The summed E-state index contributed by atoms with van der Waals surface area (Å²) >= 11 is 6.04. The number of ether oxygens (including phenoxy) is 2. The Bertz CT molecular complexity index is 916. The van der Waals surface area contributed by atoms with Crippen LogP contribution < -0.4 is 0 Å². The van der Waals surface area contributed by atoms with Crippen molar-refractivity contribution >= 4 is 22.7 Å². The minimum absolute atomic E-state index is 0.132. The summed E-state index contributed by atoms with van der Waals surface area (Å²) in [6.45, 7) is 6.64. The summed E-state index contributed by atoms with van der Waals surface area (Å²) in [6.07, 6.45) is 3.56. The molecule has 1 aliphatic rings. The lowest BCUT2D eigenvalue weighted by molar-refractivity contribution is -0.155. The predicted octanol–water partition coefficient (Wildman–Crippen LogP) is 5.74. The summed E-state index contributed by atoms with van der Waals surface area (Å²) in [7, 11) is 0. The molecular formula is C24H31ClN2O5. The van der Waals surface area contributed by atoms with E-state index in [0.29, 0.717) is 25.3 Å². The number of halogens is 1. The van der Waals surface area contributed by atoms with Crippen molar-refractivity contribution < 1.29 is 24.0 Å². The second-order valence-corrected chi connectivity index (χ2v) is 9.50. The number of rotatable bonds is 11. The van der Waals surface area contributed by atoms with Gasteiger partial charge >= 0.3 is 5.97 Å². The van der Waals surface area contributed by atoms with E-state index in [1.165, 1.54) is 0 Å². The van der Waals surface area contributed by atoms with E-state index in [0.717, 1.165) is 30.4 Å². The van der Waals surface area contributed by atoms with Crippen molar-refractivity contribution in [1.29, 1.82) is 0 Å². The Balaban J connectivity index is 1.70. The van der Waals surface area contributed by atoms with E-state index in [1.54, 1.807) is 0 Å². The van der Waals surface area contributed by atoms with Gasteiger partial charge in [-0.3, -0.25) is 4.79 Å². The van der Waals surface area contributed by atoms with Crippen LogP contribution in [0.4, 0.5) is 0 Å². The Morgan fingerprint density at radius 1 is 1.31 bits per heavy atom. The maximum absolute atomic E-state index is 12.6. The third-order valence-electron chi connectivity index (χ3n) is 5.19. The van der Waals surface area contributed by atoms with Crippen molar-refractivity contribution in [3.05, 3.63) is 52.9 Å². The van der Waals surface area contributed by atoms with Crippen LogP contribution in [0, 0.1) is 0 Å². The van der Waals surface area contributed by atoms with E-state index < -0.39 is 5.60 Å². The molecule has 2 aromatic rings. The van der Waals surface area contributed by atoms with Crippen molar-refractivity contribution in [2.45, 2.75) is 76.9 Å². The molecule has 0 amide bonds. The van der Waals surface area contributed by atoms with Crippen LogP contribution in [0.15, 0.2) is 40.0 Å². The second kappa shape index (κ2) is 11.0. The zero-order valence-corrected chi connectivity index (χ0v) is 19.6. The van der Waals surface area contributed by atoms with Crippen LogP contribution in [0.2, 0.25) is 0 Å². The number of hydrogen-bond donors (Lipinski definition) is 1. The summed E-state index contributed by atoms with van der Waals surface area (Å²) in [6, 6.07) is 9.99. The van der Waals surface area contributed by atoms with Gasteiger partial charge < -0.3 is 19.2 Å². The Hall–Kier alpha value is -2.38. The first-order valence-electron chi connectivity index (χ1n) is 11.0. The van der Waals surface area contributed by atoms with E-state index in [9.17, 15) is 4.79 Å². The van der Waals surface area contributed by atoms with Gasteiger partial charge in [0, 0.05) is 18.1 Å². The van der Waals surface area contributed by atoms with Crippen LogP contribution in [0.25, 0.3) is 0 Å².